The van der Waals surface area contributed by atoms with Crippen LogP contribution in [0, 0.1) is 6.92 Å². The van der Waals surface area contributed by atoms with Crippen molar-refractivity contribution in [1.29, 1.82) is 0 Å². The van der Waals surface area contributed by atoms with Crippen LogP contribution in [0.4, 0.5) is 0 Å². The molecule has 1 heteroatoms. The first kappa shape index (κ1) is 19.4. The summed E-state index contributed by atoms with van der Waals surface area (Å²) < 4.78 is 0. The lowest BCUT2D eigenvalue weighted by atomic mass is 10.0. The monoisotopic (exact) mass is 349 g/mol. The maximum absolute atomic E-state index is 4.13. The molecule has 0 aliphatic rings. The molecule has 2 aromatic rings. The minimum Gasteiger partial charge on any atom is -0.0955 e. The normalized spacial score (nSPS) is 12.2. The first-order valence-electron chi connectivity index (χ1n) is 8.83. The van der Waals surface area contributed by atoms with Gasteiger partial charge in [0, 0.05) is 0 Å². The van der Waals surface area contributed by atoms with Crippen molar-refractivity contribution in [2.75, 3.05) is 13.3 Å². The van der Waals surface area contributed by atoms with Crippen LogP contribution in [0.15, 0.2) is 55.1 Å². The first-order chi connectivity index (χ1) is 11.8. The number of benzene rings is 2. The summed E-state index contributed by atoms with van der Waals surface area (Å²) in [4.78, 5) is 0. The maximum atomic E-state index is 4.13. The Bertz CT molecular complexity index is 835. The highest BCUT2D eigenvalue weighted by atomic mass is 31.2. The molecule has 0 atom stereocenters. The van der Waals surface area contributed by atoms with Crippen molar-refractivity contribution in [3.8, 4) is 0 Å². The minimum atomic E-state index is -1.43. The van der Waals surface area contributed by atoms with Crippen LogP contribution in [0.2, 0.25) is 0 Å². The first-order valence-corrected chi connectivity index (χ1v) is 11.5. The molecule has 2 aromatic carbocycles. The molecule has 130 valence electrons. The molecule has 0 radical (unpaired) electrons. The van der Waals surface area contributed by atoms with Gasteiger partial charge in [-0.1, -0.05) is 54.7 Å². The fourth-order valence-electron chi connectivity index (χ4n) is 3.35. The van der Waals surface area contributed by atoms with E-state index < -0.39 is 7.26 Å². The Labute approximate surface area is 154 Å². The van der Waals surface area contributed by atoms with E-state index in [-0.39, 0.29) is 0 Å². The Morgan fingerprint density at radius 2 is 1.60 bits per heavy atom. The van der Waals surface area contributed by atoms with Gasteiger partial charge in [-0.3, -0.25) is 0 Å². The molecule has 0 spiro atoms. The molecule has 0 aliphatic carbocycles. The average molecular weight is 349 g/mol. The van der Waals surface area contributed by atoms with E-state index in [1.165, 1.54) is 32.9 Å². The molecule has 0 aromatic heterocycles. The molecule has 0 fully saturated rings. The topological polar surface area (TPSA) is 0 Å². The highest BCUT2D eigenvalue weighted by molar-refractivity contribution is 7.88. The standard InChI is InChI=1S/C24H30P/c1-8-11-20-13-10-14-24(19(20)5)25(6,7)22-15-16-23(18(3)4)21(17-22)12-9-2/h8-17H,3H2,1-2,4-7H3/q+1/b11-8-,12-9-. The van der Waals surface area contributed by atoms with E-state index in [4.69, 9.17) is 0 Å². The summed E-state index contributed by atoms with van der Waals surface area (Å²) in [5.74, 6) is 0. The number of hydrogen-bond acceptors (Lipinski definition) is 0. The van der Waals surface area contributed by atoms with E-state index >= 15 is 0 Å². The van der Waals surface area contributed by atoms with Gasteiger partial charge in [0.15, 0.2) is 0 Å². The van der Waals surface area contributed by atoms with Crippen molar-refractivity contribution >= 4 is 35.6 Å². The van der Waals surface area contributed by atoms with Gasteiger partial charge in [0.1, 0.15) is 5.30 Å². The zero-order valence-electron chi connectivity index (χ0n) is 16.4. The summed E-state index contributed by atoms with van der Waals surface area (Å²) >= 11 is 0. The molecular formula is C24H30P+. The van der Waals surface area contributed by atoms with Gasteiger partial charge < -0.3 is 0 Å². The quantitative estimate of drug-likeness (QED) is 0.554. The number of rotatable bonds is 5. The lowest BCUT2D eigenvalue weighted by Crippen LogP contribution is -2.23. The fourth-order valence-corrected chi connectivity index (χ4v) is 5.96. The second-order valence-electron chi connectivity index (χ2n) is 7.00. The smallest absolute Gasteiger partial charge is 0.0955 e. The second kappa shape index (κ2) is 7.98. The van der Waals surface area contributed by atoms with Gasteiger partial charge in [0.05, 0.1) is 25.9 Å². The fraction of sp³-hybridized carbons (Fsp3) is 0.250. The third-order valence-corrected chi connectivity index (χ3v) is 8.04. The molecule has 25 heavy (non-hydrogen) atoms. The summed E-state index contributed by atoms with van der Waals surface area (Å²) in [5, 5.41) is 2.92. The van der Waals surface area contributed by atoms with Gasteiger partial charge in [-0.05, 0) is 68.1 Å². The Kier molecular flexibility index (Phi) is 6.20. The molecule has 0 heterocycles. The predicted octanol–water partition coefficient (Wildman–Crippen LogP) is 6.32. The van der Waals surface area contributed by atoms with E-state index in [1.54, 1.807) is 0 Å². The average Bonchev–Trinajstić information content (AvgIpc) is 2.56. The van der Waals surface area contributed by atoms with Gasteiger partial charge in [0.2, 0.25) is 0 Å². The third-order valence-electron chi connectivity index (χ3n) is 4.78. The largest absolute Gasteiger partial charge is 0.102 e. The Balaban J connectivity index is 2.62. The third kappa shape index (κ3) is 4.02. The van der Waals surface area contributed by atoms with Crippen LogP contribution < -0.4 is 10.6 Å². The Morgan fingerprint density at radius 1 is 0.960 bits per heavy atom. The van der Waals surface area contributed by atoms with Crippen molar-refractivity contribution in [2.45, 2.75) is 27.7 Å². The molecule has 0 nitrogen and oxygen atoms in total. The van der Waals surface area contributed by atoms with Crippen LogP contribution in [0.5, 0.6) is 0 Å². The predicted molar refractivity (Wildman–Crippen MR) is 120 cm³/mol. The van der Waals surface area contributed by atoms with Gasteiger partial charge in [0.25, 0.3) is 0 Å². The molecular weight excluding hydrogens is 319 g/mol. The van der Waals surface area contributed by atoms with E-state index in [0.717, 1.165) is 5.57 Å². The van der Waals surface area contributed by atoms with E-state index in [1.807, 2.05) is 0 Å². The van der Waals surface area contributed by atoms with Crippen molar-refractivity contribution in [2.24, 2.45) is 0 Å². The van der Waals surface area contributed by atoms with Crippen LogP contribution in [-0.2, 0) is 0 Å². The lowest BCUT2D eigenvalue weighted by molar-refractivity contribution is 1.47. The lowest BCUT2D eigenvalue weighted by Gasteiger charge is -2.22. The summed E-state index contributed by atoms with van der Waals surface area (Å²) in [6.07, 6.45) is 8.61. The highest BCUT2D eigenvalue weighted by Crippen LogP contribution is 2.50. The van der Waals surface area contributed by atoms with Gasteiger partial charge >= 0.3 is 0 Å². The summed E-state index contributed by atoms with van der Waals surface area (Å²) in [6, 6.07) is 13.6. The molecule has 0 unspecified atom stereocenters. The van der Waals surface area contributed by atoms with Crippen LogP contribution >= 0.6 is 7.26 Å². The highest BCUT2D eigenvalue weighted by Gasteiger charge is 2.34. The molecule has 0 saturated carbocycles. The zero-order valence-corrected chi connectivity index (χ0v) is 17.3. The molecule has 0 N–H and O–H groups in total. The van der Waals surface area contributed by atoms with Gasteiger partial charge in [-0.2, -0.15) is 0 Å². The van der Waals surface area contributed by atoms with Crippen LogP contribution in [0.25, 0.3) is 17.7 Å². The Hall–Kier alpha value is -1.91. The van der Waals surface area contributed by atoms with Crippen LogP contribution in [0.1, 0.15) is 43.0 Å². The number of allylic oxidation sites excluding steroid dienone is 3. The van der Waals surface area contributed by atoms with Gasteiger partial charge in [-0.15, -0.1) is 0 Å². The van der Waals surface area contributed by atoms with E-state index in [2.05, 4.69) is 108 Å². The zero-order chi connectivity index (χ0) is 18.6. The second-order valence-corrected chi connectivity index (χ2v) is 10.9. The van der Waals surface area contributed by atoms with Gasteiger partial charge in [-0.25, -0.2) is 0 Å². The van der Waals surface area contributed by atoms with Crippen molar-refractivity contribution in [3.05, 3.63) is 77.4 Å². The summed E-state index contributed by atoms with van der Waals surface area (Å²) in [5.41, 5.74) is 6.34. The van der Waals surface area contributed by atoms with E-state index in [9.17, 15) is 0 Å². The van der Waals surface area contributed by atoms with Crippen molar-refractivity contribution < 1.29 is 0 Å². The summed E-state index contributed by atoms with van der Waals surface area (Å²) in [7, 11) is -1.43. The molecule has 2 rings (SSSR count). The van der Waals surface area contributed by atoms with Crippen LogP contribution in [-0.4, -0.2) is 13.3 Å². The SMILES string of the molecule is C=C(C)c1ccc([P+](C)(C)c2cccc(/C=C\C)c2C)cc1/C=C\C. The minimum absolute atomic E-state index is 1.11. The van der Waals surface area contributed by atoms with Crippen molar-refractivity contribution in [3.63, 3.8) is 0 Å². The molecule has 0 amide bonds. The summed E-state index contributed by atoms with van der Waals surface area (Å²) in [6.45, 7) is 17.4. The molecule has 0 saturated heterocycles. The molecule has 0 aliphatic heterocycles. The van der Waals surface area contributed by atoms with E-state index in [0.29, 0.717) is 0 Å². The Morgan fingerprint density at radius 3 is 2.20 bits per heavy atom. The molecule has 0 bridgehead atoms. The number of hydrogen-bond donors (Lipinski definition) is 0. The maximum Gasteiger partial charge on any atom is 0.102 e. The van der Waals surface area contributed by atoms with Crippen molar-refractivity contribution in [1.82, 2.24) is 0 Å². The van der Waals surface area contributed by atoms with Crippen LogP contribution in [0.3, 0.4) is 0 Å².